The normalized spacial score (nSPS) is 22.6. The SMILES string of the molecule is CC1(CN=C(N)Nc2cccc(OC(F)(F)F)c2)CCCS1. The van der Waals surface area contributed by atoms with Crippen LogP contribution in [0.2, 0.25) is 0 Å². The summed E-state index contributed by atoms with van der Waals surface area (Å²) >= 11 is 1.87. The van der Waals surface area contributed by atoms with Crippen molar-refractivity contribution >= 4 is 23.4 Å². The summed E-state index contributed by atoms with van der Waals surface area (Å²) in [5.41, 5.74) is 6.18. The Morgan fingerprint density at radius 2 is 2.27 bits per heavy atom. The number of rotatable bonds is 4. The molecule has 1 aliphatic heterocycles. The number of benzene rings is 1. The molecule has 122 valence electrons. The average Bonchev–Trinajstić information content (AvgIpc) is 2.82. The van der Waals surface area contributed by atoms with Crippen LogP contribution in [0.4, 0.5) is 18.9 Å². The number of aliphatic imine (C=N–C) groups is 1. The number of guanidine groups is 1. The lowest BCUT2D eigenvalue weighted by Crippen LogP contribution is -2.27. The number of hydrogen-bond acceptors (Lipinski definition) is 3. The molecule has 0 amide bonds. The van der Waals surface area contributed by atoms with Crippen molar-refractivity contribution < 1.29 is 17.9 Å². The summed E-state index contributed by atoms with van der Waals surface area (Å²) in [6, 6.07) is 5.49. The fraction of sp³-hybridized carbons (Fsp3) is 0.500. The van der Waals surface area contributed by atoms with Gasteiger partial charge in [-0.25, -0.2) is 0 Å². The summed E-state index contributed by atoms with van der Waals surface area (Å²) in [5, 5.41) is 2.78. The highest BCUT2D eigenvalue weighted by Gasteiger charge is 2.31. The molecule has 8 heteroatoms. The van der Waals surface area contributed by atoms with E-state index in [0.717, 1.165) is 12.2 Å². The minimum Gasteiger partial charge on any atom is -0.406 e. The lowest BCUT2D eigenvalue weighted by Gasteiger charge is -2.20. The van der Waals surface area contributed by atoms with E-state index in [-0.39, 0.29) is 16.5 Å². The van der Waals surface area contributed by atoms with E-state index in [1.165, 1.54) is 24.6 Å². The van der Waals surface area contributed by atoms with E-state index in [4.69, 9.17) is 5.73 Å². The molecule has 3 N–H and O–H groups in total. The molecule has 1 heterocycles. The zero-order valence-electron chi connectivity index (χ0n) is 12.1. The van der Waals surface area contributed by atoms with Crippen molar-refractivity contribution in [1.82, 2.24) is 0 Å². The van der Waals surface area contributed by atoms with Crippen molar-refractivity contribution in [3.8, 4) is 5.75 Å². The molecule has 0 spiro atoms. The van der Waals surface area contributed by atoms with Crippen molar-refractivity contribution in [2.24, 2.45) is 10.7 Å². The number of halogens is 3. The number of nitrogens with one attached hydrogen (secondary N) is 1. The first kappa shape index (κ1) is 16.8. The van der Waals surface area contributed by atoms with E-state index >= 15 is 0 Å². The van der Waals surface area contributed by atoms with Crippen LogP contribution in [0.5, 0.6) is 5.75 Å². The standard InChI is InChI=1S/C14H18F3N3OS/c1-13(6-3-7-22-13)9-19-12(18)20-10-4-2-5-11(8-10)21-14(15,16)17/h2,4-5,8H,3,6-7,9H2,1H3,(H3,18,19,20). The van der Waals surface area contributed by atoms with Gasteiger partial charge in [0, 0.05) is 16.5 Å². The van der Waals surface area contributed by atoms with Crippen LogP contribution in [0.25, 0.3) is 0 Å². The second kappa shape index (κ2) is 6.68. The molecule has 0 saturated carbocycles. The van der Waals surface area contributed by atoms with Gasteiger partial charge in [0.2, 0.25) is 0 Å². The van der Waals surface area contributed by atoms with Gasteiger partial charge in [0.05, 0.1) is 6.54 Å². The number of nitrogens with two attached hydrogens (primary N) is 1. The Bertz CT molecular complexity index is 542. The maximum atomic E-state index is 12.2. The van der Waals surface area contributed by atoms with Crippen LogP contribution in [0.3, 0.4) is 0 Å². The van der Waals surface area contributed by atoms with Crippen LogP contribution in [-0.2, 0) is 0 Å². The lowest BCUT2D eigenvalue weighted by molar-refractivity contribution is -0.274. The Hall–Kier alpha value is -1.57. The van der Waals surface area contributed by atoms with Gasteiger partial charge < -0.3 is 15.8 Å². The maximum absolute atomic E-state index is 12.2. The number of ether oxygens (including phenoxy) is 1. The highest BCUT2D eigenvalue weighted by Crippen LogP contribution is 2.37. The second-order valence-electron chi connectivity index (χ2n) is 5.30. The van der Waals surface area contributed by atoms with Crippen LogP contribution in [-0.4, -0.2) is 29.4 Å². The summed E-state index contributed by atoms with van der Waals surface area (Å²) in [5.74, 6) is 0.998. The molecule has 1 fully saturated rings. The zero-order valence-corrected chi connectivity index (χ0v) is 12.9. The fourth-order valence-corrected chi connectivity index (χ4v) is 3.40. The number of thioether (sulfide) groups is 1. The highest BCUT2D eigenvalue weighted by molar-refractivity contribution is 8.00. The molecule has 0 bridgehead atoms. The van der Waals surface area contributed by atoms with Crippen molar-refractivity contribution in [2.75, 3.05) is 17.6 Å². The molecule has 1 atom stereocenters. The van der Waals surface area contributed by atoms with Gasteiger partial charge in [-0.3, -0.25) is 4.99 Å². The van der Waals surface area contributed by atoms with Crippen LogP contribution in [0, 0.1) is 0 Å². The van der Waals surface area contributed by atoms with E-state index in [1.54, 1.807) is 6.07 Å². The molecule has 1 aromatic carbocycles. The Morgan fingerprint density at radius 3 is 2.91 bits per heavy atom. The molecule has 0 aliphatic carbocycles. The van der Waals surface area contributed by atoms with Gasteiger partial charge in [-0.05, 0) is 37.7 Å². The smallest absolute Gasteiger partial charge is 0.406 e. The van der Waals surface area contributed by atoms with E-state index < -0.39 is 6.36 Å². The first-order valence-electron chi connectivity index (χ1n) is 6.82. The summed E-state index contributed by atoms with van der Waals surface area (Å²) < 4.78 is 40.5. The quantitative estimate of drug-likeness (QED) is 0.653. The van der Waals surface area contributed by atoms with Crippen molar-refractivity contribution in [3.63, 3.8) is 0 Å². The summed E-state index contributed by atoms with van der Waals surface area (Å²) in [7, 11) is 0. The molecule has 1 unspecified atom stereocenters. The van der Waals surface area contributed by atoms with Gasteiger partial charge in [-0.15, -0.1) is 13.2 Å². The number of hydrogen-bond donors (Lipinski definition) is 2. The predicted molar refractivity (Wildman–Crippen MR) is 83.3 cm³/mol. The van der Waals surface area contributed by atoms with Crippen molar-refractivity contribution in [3.05, 3.63) is 24.3 Å². The minimum atomic E-state index is -4.72. The Kier molecular flexibility index (Phi) is 5.10. The molecule has 22 heavy (non-hydrogen) atoms. The molecular formula is C14H18F3N3OS. The van der Waals surface area contributed by atoms with Gasteiger partial charge in [0.15, 0.2) is 5.96 Å². The molecular weight excluding hydrogens is 315 g/mol. The third-order valence-electron chi connectivity index (χ3n) is 3.22. The number of anilines is 1. The number of nitrogens with zero attached hydrogens (tertiary/aromatic N) is 1. The molecule has 4 nitrogen and oxygen atoms in total. The summed E-state index contributed by atoms with van der Waals surface area (Å²) in [6.07, 6.45) is -2.46. The third-order valence-corrected chi connectivity index (χ3v) is 4.75. The van der Waals surface area contributed by atoms with Gasteiger partial charge in [0.1, 0.15) is 5.75 Å². The largest absolute Gasteiger partial charge is 0.573 e. The van der Waals surface area contributed by atoms with Crippen molar-refractivity contribution in [1.29, 1.82) is 0 Å². The molecule has 2 rings (SSSR count). The molecule has 1 aliphatic rings. The zero-order chi connectivity index (χ0) is 16.2. The van der Waals surface area contributed by atoms with Gasteiger partial charge in [0.25, 0.3) is 0 Å². The number of alkyl halides is 3. The van der Waals surface area contributed by atoms with Crippen molar-refractivity contribution in [2.45, 2.75) is 30.9 Å². The monoisotopic (exact) mass is 333 g/mol. The van der Waals surface area contributed by atoms with E-state index in [0.29, 0.717) is 12.2 Å². The van der Waals surface area contributed by atoms with E-state index in [9.17, 15) is 13.2 Å². The second-order valence-corrected chi connectivity index (χ2v) is 6.99. The van der Waals surface area contributed by atoms with Gasteiger partial charge in [-0.2, -0.15) is 11.8 Å². The summed E-state index contributed by atoms with van der Waals surface area (Å²) in [4.78, 5) is 4.28. The Balaban J connectivity index is 1.96. The lowest BCUT2D eigenvalue weighted by atomic mass is 10.1. The van der Waals surface area contributed by atoms with E-state index in [1.807, 2.05) is 11.8 Å². The molecule has 0 aromatic heterocycles. The first-order valence-corrected chi connectivity index (χ1v) is 7.81. The minimum absolute atomic E-state index is 0.0908. The third kappa shape index (κ3) is 5.32. The highest BCUT2D eigenvalue weighted by atomic mass is 32.2. The molecule has 1 saturated heterocycles. The van der Waals surface area contributed by atoms with Crippen LogP contribution >= 0.6 is 11.8 Å². The topological polar surface area (TPSA) is 59.6 Å². The molecule has 0 radical (unpaired) electrons. The van der Waals surface area contributed by atoms with Crippen LogP contribution in [0.1, 0.15) is 19.8 Å². The predicted octanol–water partition coefficient (Wildman–Crippen LogP) is 3.60. The maximum Gasteiger partial charge on any atom is 0.573 e. The summed E-state index contributed by atoms with van der Waals surface area (Å²) in [6.45, 7) is 2.72. The molecule has 1 aromatic rings. The van der Waals surface area contributed by atoms with Crippen LogP contribution in [0.15, 0.2) is 29.3 Å². The van der Waals surface area contributed by atoms with Crippen LogP contribution < -0.4 is 15.8 Å². The first-order chi connectivity index (χ1) is 10.3. The Labute approximate surface area is 131 Å². The fourth-order valence-electron chi connectivity index (χ4n) is 2.17. The Morgan fingerprint density at radius 1 is 1.50 bits per heavy atom. The van der Waals surface area contributed by atoms with Gasteiger partial charge >= 0.3 is 6.36 Å². The van der Waals surface area contributed by atoms with E-state index in [2.05, 4.69) is 22.0 Å². The average molecular weight is 333 g/mol. The van der Waals surface area contributed by atoms with Gasteiger partial charge in [-0.1, -0.05) is 6.07 Å².